The average Bonchev–Trinajstić information content (AvgIpc) is 2.86. The van der Waals surface area contributed by atoms with E-state index >= 15 is 0 Å². The minimum atomic E-state index is -0.567. The van der Waals surface area contributed by atoms with Crippen molar-refractivity contribution < 1.29 is 19.0 Å². The SMILES string of the molecule is CCCc1ccc(C2=CCN(CCOc3ccc(CC(OCC)C(=O)OCC)cc3)CC2)cc1. The van der Waals surface area contributed by atoms with Crippen molar-refractivity contribution in [3.8, 4) is 5.75 Å². The average molecular weight is 466 g/mol. The highest BCUT2D eigenvalue weighted by Crippen LogP contribution is 2.23. The van der Waals surface area contributed by atoms with Gasteiger partial charge in [0.1, 0.15) is 12.4 Å². The fourth-order valence-electron chi connectivity index (χ4n) is 4.23. The summed E-state index contributed by atoms with van der Waals surface area (Å²) in [6.07, 6.45) is 5.69. The van der Waals surface area contributed by atoms with Gasteiger partial charge in [0.25, 0.3) is 0 Å². The molecule has 3 rings (SSSR count). The minimum absolute atomic E-state index is 0.308. The fraction of sp³-hybridized carbons (Fsp3) is 0.483. The third-order valence-electron chi connectivity index (χ3n) is 6.09. The van der Waals surface area contributed by atoms with E-state index in [4.69, 9.17) is 14.2 Å². The summed E-state index contributed by atoms with van der Waals surface area (Å²) >= 11 is 0. The third-order valence-corrected chi connectivity index (χ3v) is 6.09. The van der Waals surface area contributed by atoms with Crippen LogP contribution in [0.5, 0.6) is 5.75 Å². The van der Waals surface area contributed by atoms with Crippen LogP contribution in [0.3, 0.4) is 0 Å². The Kier molecular flexibility index (Phi) is 10.6. The molecule has 0 saturated carbocycles. The number of nitrogens with zero attached hydrogens (tertiary/aromatic N) is 1. The van der Waals surface area contributed by atoms with Crippen molar-refractivity contribution in [2.45, 2.75) is 52.6 Å². The van der Waals surface area contributed by atoms with Gasteiger partial charge < -0.3 is 14.2 Å². The van der Waals surface area contributed by atoms with Gasteiger partial charge in [-0.2, -0.15) is 0 Å². The number of esters is 1. The van der Waals surface area contributed by atoms with E-state index in [1.165, 1.54) is 23.1 Å². The van der Waals surface area contributed by atoms with E-state index < -0.39 is 6.10 Å². The van der Waals surface area contributed by atoms with Gasteiger partial charge in [0.2, 0.25) is 0 Å². The van der Waals surface area contributed by atoms with Crippen molar-refractivity contribution in [3.63, 3.8) is 0 Å². The summed E-state index contributed by atoms with van der Waals surface area (Å²) in [7, 11) is 0. The molecule has 0 aromatic heterocycles. The minimum Gasteiger partial charge on any atom is -0.492 e. The molecular weight excluding hydrogens is 426 g/mol. The number of hydrogen-bond acceptors (Lipinski definition) is 5. The molecule has 0 saturated heterocycles. The first kappa shape index (κ1) is 26.0. The molecule has 2 aromatic carbocycles. The second kappa shape index (κ2) is 13.9. The van der Waals surface area contributed by atoms with Gasteiger partial charge in [0.05, 0.1) is 6.61 Å². The van der Waals surface area contributed by atoms with Crippen molar-refractivity contribution in [1.29, 1.82) is 0 Å². The Balaban J connectivity index is 1.42. The Bertz CT molecular complexity index is 905. The van der Waals surface area contributed by atoms with Crippen LogP contribution in [-0.2, 0) is 27.1 Å². The molecule has 1 atom stereocenters. The first-order valence-corrected chi connectivity index (χ1v) is 12.6. The molecule has 0 spiro atoms. The standard InChI is InChI=1S/C29H39NO4/c1-4-7-23-8-12-25(13-9-23)26-16-18-30(19-17-26)20-21-34-27-14-10-24(11-15-27)22-28(32-5-2)29(31)33-6-3/h8-16,28H,4-7,17-22H2,1-3H3. The summed E-state index contributed by atoms with van der Waals surface area (Å²) in [6.45, 7) is 10.3. The number of benzene rings is 2. The van der Waals surface area contributed by atoms with Crippen LogP contribution in [0, 0.1) is 0 Å². The third kappa shape index (κ3) is 8.00. The van der Waals surface area contributed by atoms with Crippen LogP contribution in [0.15, 0.2) is 54.6 Å². The fourth-order valence-corrected chi connectivity index (χ4v) is 4.23. The lowest BCUT2D eigenvalue weighted by atomic mass is 9.97. The number of ether oxygens (including phenoxy) is 3. The van der Waals surface area contributed by atoms with Crippen molar-refractivity contribution in [2.75, 3.05) is 39.5 Å². The van der Waals surface area contributed by atoms with Crippen LogP contribution in [0.1, 0.15) is 50.3 Å². The summed E-state index contributed by atoms with van der Waals surface area (Å²) in [5.74, 6) is 0.533. The van der Waals surface area contributed by atoms with Gasteiger partial charge >= 0.3 is 5.97 Å². The van der Waals surface area contributed by atoms with E-state index in [1.807, 2.05) is 31.2 Å². The van der Waals surface area contributed by atoms with Gasteiger partial charge in [-0.1, -0.05) is 55.8 Å². The second-order valence-electron chi connectivity index (χ2n) is 8.62. The molecule has 0 N–H and O–H groups in total. The zero-order valence-electron chi connectivity index (χ0n) is 20.9. The molecule has 0 fully saturated rings. The van der Waals surface area contributed by atoms with Crippen LogP contribution in [0.2, 0.25) is 0 Å². The van der Waals surface area contributed by atoms with E-state index in [2.05, 4.69) is 42.2 Å². The molecule has 0 aliphatic carbocycles. The first-order valence-electron chi connectivity index (χ1n) is 12.6. The van der Waals surface area contributed by atoms with Crippen molar-refractivity contribution in [1.82, 2.24) is 4.90 Å². The monoisotopic (exact) mass is 465 g/mol. The maximum Gasteiger partial charge on any atom is 0.335 e. The highest BCUT2D eigenvalue weighted by molar-refractivity contribution is 5.75. The molecule has 1 aliphatic heterocycles. The first-order chi connectivity index (χ1) is 16.6. The van der Waals surface area contributed by atoms with E-state index in [1.54, 1.807) is 6.92 Å². The molecule has 5 nitrogen and oxygen atoms in total. The Labute approximate surface area is 204 Å². The predicted octanol–water partition coefficient (Wildman–Crippen LogP) is 5.32. The summed E-state index contributed by atoms with van der Waals surface area (Å²) in [5.41, 5.74) is 5.24. The van der Waals surface area contributed by atoms with Crippen molar-refractivity contribution in [3.05, 3.63) is 71.3 Å². The summed E-state index contributed by atoms with van der Waals surface area (Å²) in [4.78, 5) is 14.5. The summed E-state index contributed by atoms with van der Waals surface area (Å²) in [6, 6.07) is 17.0. The largest absolute Gasteiger partial charge is 0.492 e. The Hall–Kier alpha value is -2.63. The van der Waals surface area contributed by atoms with Gasteiger partial charge in [-0.25, -0.2) is 4.79 Å². The normalized spacial score (nSPS) is 15.0. The van der Waals surface area contributed by atoms with Gasteiger partial charge in [-0.05, 0) is 61.1 Å². The van der Waals surface area contributed by atoms with Gasteiger partial charge in [-0.15, -0.1) is 0 Å². The van der Waals surface area contributed by atoms with E-state index in [-0.39, 0.29) is 5.97 Å². The number of carbonyl (C=O) groups is 1. The molecule has 1 heterocycles. The second-order valence-corrected chi connectivity index (χ2v) is 8.62. The van der Waals surface area contributed by atoms with Gasteiger partial charge in [0, 0.05) is 32.7 Å². The highest BCUT2D eigenvalue weighted by Gasteiger charge is 2.20. The molecule has 0 amide bonds. The smallest absolute Gasteiger partial charge is 0.335 e. The maximum absolute atomic E-state index is 12.1. The quantitative estimate of drug-likeness (QED) is 0.375. The van der Waals surface area contributed by atoms with Crippen LogP contribution in [-0.4, -0.2) is 56.4 Å². The van der Waals surface area contributed by atoms with Crippen molar-refractivity contribution in [2.24, 2.45) is 0 Å². The Morgan fingerprint density at radius 2 is 1.71 bits per heavy atom. The van der Waals surface area contributed by atoms with Crippen LogP contribution in [0.4, 0.5) is 0 Å². The highest BCUT2D eigenvalue weighted by atomic mass is 16.6. The molecule has 184 valence electrons. The summed E-state index contributed by atoms with van der Waals surface area (Å²) < 4.78 is 16.6. The zero-order valence-corrected chi connectivity index (χ0v) is 20.9. The molecule has 0 radical (unpaired) electrons. The Morgan fingerprint density at radius 1 is 0.971 bits per heavy atom. The van der Waals surface area contributed by atoms with E-state index in [0.717, 1.165) is 43.8 Å². The van der Waals surface area contributed by atoms with Crippen LogP contribution >= 0.6 is 0 Å². The molecule has 2 aromatic rings. The van der Waals surface area contributed by atoms with Crippen molar-refractivity contribution >= 4 is 11.5 Å². The number of hydrogen-bond donors (Lipinski definition) is 0. The molecular formula is C29H39NO4. The lowest BCUT2D eigenvalue weighted by molar-refractivity contribution is -0.156. The maximum atomic E-state index is 12.1. The van der Waals surface area contributed by atoms with Gasteiger partial charge in [-0.3, -0.25) is 4.90 Å². The van der Waals surface area contributed by atoms with Gasteiger partial charge in [0.15, 0.2) is 6.10 Å². The summed E-state index contributed by atoms with van der Waals surface area (Å²) in [5, 5.41) is 0. The number of carbonyl (C=O) groups excluding carboxylic acids is 1. The number of rotatable bonds is 13. The lowest BCUT2D eigenvalue weighted by Crippen LogP contribution is -2.32. The molecule has 34 heavy (non-hydrogen) atoms. The number of aryl methyl sites for hydroxylation is 1. The van der Waals surface area contributed by atoms with E-state index in [0.29, 0.717) is 26.2 Å². The van der Waals surface area contributed by atoms with Crippen LogP contribution in [0.25, 0.3) is 5.57 Å². The lowest BCUT2D eigenvalue weighted by Gasteiger charge is -2.26. The zero-order chi connectivity index (χ0) is 24.2. The molecule has 5 heteroatoms. The predicted molar refractivity (Wildman–Crippen MR) is 137 cm³/mol. The van der Waals surface area contributed by atoms with E-state index in [9.17, 15) is 4.79 Å². The molecule has 1 unspecified atom stereocenters. The molecule has 0 bridgehead atoms. The topological polar surface area (TPSA) is 48.0 Å². The Morgan fingerprint density at radius 3 is 2.32 bits per heavy atom. The molecule has 1 aliphatic rings. The van der Waals surface area contributed by atoms with Crippen LogP contribution < -0.4 is 4.74 Å².